The lowest BCUT2D eigenvalue weighted by Crippen LogP contribution is -2.20. The van der Waals surface area contributed by atoms with Crippen molar-refractivity contribution in [2.24, 2.45) is 0 Å². The molecule has 1 aromatic rings. The second-order valence-electron chi connectivity index (χ2n) is 10.9. The number of rotatable bonds is 22. The van der Waals surface area contributed by atoms with Gasteiger partial charge in [0.25, 0.3) is 5.97 Å². The van der Waals surface area contributed by atoms with Gasteiger partial charge in [-0.15, -0.1) is 9.24 Å². The number of benzene rings is 1. The maximum absolute atomic E-state index is 9.00. The highest BCUT2D eigenvalue weighted by Crippen LogP contribution is 2.43. The van der Waals surface area contributed by atoms with E-state index in [9.17, 15) is 0 Å². The summed E-state index contributed by atoms with van der Waals surface area (Å²) in [5, 5.41) is 7.70. The third kappa shape index (κ3) is 19.3. The van der Waals surface area contributed by atoms with Gasteiger partial charge in [-0.25, -0.2) is 0 Å². The Morgan fingerprint density at radius 1 is 0.667 bits per heavy atom. The van der Waals surface area contributed by atoms with Crippen LogP contribution in [-0.2, 0) is 16.4 Å². The minimum absolute atomic E-state index is 0.286. The number of hydrogen-bond acceptors (Lipinski definition) is 1. The van der Waals surface area contributed by atoms with E-state index in [0.717, 1.165) is 6.92 Å². The van der Waals surface area contributed by atoms with Gasteiger partial charge >= 0.3 is 0 Å². The third-order valence-corrected chi connectivity index (χ3v) is 8.19. The Balaban J connectivity index is 0.00000283. The number of carboxylic acids is 1. The predicted molar refractivity (Wildman–Crippen MR) is 164 cm³/mol. The maximum atomic E-state index is 9.00. The van der Waals surface area contributed by atoms with Crippen LogP contribution in [0.4, 0.5) is 0 Å². The van der Waals surface area contributed by atoms with Crippen LogP contribution < -0.4 is 0 Å². The molecule has 0 heterocycles. The van der Waals surface area contributed by atoms with Gasteiger partial charge in [0.1, 0.15) is 0 Å². The van der Waals surface area contributed by atoms with Crippen molar-refractivity contribution in [1.29, 1.82) is 0 Å². The fraction of sp³-hybridized carbons (Fsp3) is 0.788. The van der Waals surface area contributed by atoms with Crippen molar-refractivity contribution < 1.29 is 9.90 Å². The molecule has 0 bridgehead atoms. The Hall–Kier alpha value is -0.880. The summed E-state index contributed by atoms with van der Waals surface area (Å²) in [6, 6.07) is 9.47. The topological polar surface area (TPSA) is 37.3 Å². The van der Waals surface area contributed by atoms with Crippen LogP contribution in [0.5, 0.6) is 0 Å². The maximum Gasteiger partial charge on any atom is 0.300 e. The third-order valence-electron chi connectivity index (χ3n) is 7.31. The largest absolute Gasteiger partial charge is 0.481 e. The number of unbranched alkanes of at least 4 members (excludes halogenated alkanes) is 15. The normalized spacial score (nSPS) is 11.2. The standard InChI is InChI=1S/C31H57P.C2H4O2/c1-4-7-10-13-16-19-24-29-25-20-21-26-30(29)31(32,27-22-17-14-11-8-5-2)28-23-18-15-12-9-6-3;1-2(3)4/h20-21,25-26H,4-19,22-24,27-28,32H2,1-3H3;1H3,(H,3,4). The molecule has 0 saturated heterocycles. The summed E-state index contributed by atoms with van der Waals surface area (Å²) in [4.78, 5) is 9.00. The van der Waals surface area contributed by atoms with Crippen molar-refractivity contribution in [2.75, 3.05) is 0 Å². The molecule has 0 amide bonds. The van der Waals surface area contributed by atoms with Gasteiger partial charge in [0.15, 0.2) is 0 Å². The lowest BCUT2D eigenvalue weighted by Gasteiger charge is -2.33. The lowest BCUT2D eigenvalue weighted by molar-refractivity contribution is -0.134. The average Bonchev–Trinajstić information content (AvgIpc) is 2.85. The Bertz CT molecular complexity index is 608. The van der Waals surface area contributed by atoms with Gasteiger partial charge in [0.2, 0.25) is 0 Å². The molecule has 1 aromatic carbocycles. The van der Waals surface area contributed by atoms with Gasteiger partial charge in [-0.2, -0.15) is 0 Å². The van der Waals surface area contributed by atoms with E-state index in [2.05, 4.69) is 54.3 Å². The zero-order valence-electron chi connectivity index (χ0n) is 24.6. The van der Waals surface area contributed by atoms with Crippen molar-refractivity contribution >= 4 is 15.2 Å². The number of aliphatic carboxylic acids is 1. The van der Waals surface area contributed by atoms with Crippen LogP contribution in [0.15, 0.2) is 24.3 Å². The molecule has 0 radical (unpaired) electrons. The van der Waals surface area contributed by atoms with Crippen molar-refractivity contribution in [3.63, 3.8) is 0 Å². The molecule has 1 N–H and O–H groups in total. The van der Waals surface area contributed by atoms with E-state index >= 15 is 0 Å². The van der Waals surface area contributed by atoms with E-state index in [-0.39, 0.29) is 5.16 Å². The number of hydrogen-bond donors (Lipinski definition) is 1. The van der Waals surface area contributed by atoms with Crippen LogP contribution in [0.3, 0.4) is 0 Å². The predicted octanol–water partition coefficient (Wildman–Crippen LogP) is 11.3. The molecule has 1 atom stereocenters. The minimum Gasteiger partial charge on any atom is -0.481 e. The van der Waals surface area contributed by atoms with Gasteiger partial charge in [-0.3, -0.25) is 4.79 Å². The number of carbonyl (C=O) groups is 1. The van der Waals surface area contributed by atoms with Gasteiger partial charge in [0.05, 0.1) is 0 Å². The molecule has 0 aliphatic carbocycles. The quantitative estimate of drug-likeness (QED) is 0.122. The van der Waals surface area contributed by atoms with Gasteiger partial charge in [0, 0.05) is 12.1 Å². The Labute approximate surface area is 228 Å². The zero-order chi connectivity index (χ0) is 26.9. The van der Waals surface area contributed by atoms with Crippen molar-refractivity contribution in [2.45, 2.75) is 168 Å². The molecule has 1 unspecified atom stereocenters. The molecule has 36 heavy (non-hydrogen) atoms. The first kappa shape index (κ1) is 35.1. The molecule has 0 saturated carbocycles. The van der Waals surface area contributed by atoms with E-state index in [1.807, 2.05) is 0 Å². The van der Waals surface area contributed by atoms with Gasteiger partial charge in [-0.05, 0) is 36.8 Å². The van der Waals surface area contributed by atoms with Crippen molar-refractivity contribution in [3.05, 3.63) is 35.4 Å². The highest BCUT2D eigenvalue weighted by molar-refractivity contribution is 7.18. The molecular weight excluding hydrogens is 459 g/mol. The highest BCUT2D eigenvalue weighted by atomic mass is 31.0. The van der Waals surface area contributed by atoms with E-state index in [4.69, 9.17) is 9.90 Å². The van der Waals surface area contributed by atoms with Crippen LogP contribution in [0.2, 0.25) is 0 Å². The molecule has 0 aliphatic rings. The van der Waals surface area contributed by atoms with E-state index in [1.54, 1.807) is 11.1 Å². The summed E-state index contributed by atoms with van der Waals surface area (Å²) >= 11 is 0. The fourth-order valence-electron chi connectivity index (χ4n) is 5.16. The molecule has 0 aliphatic heterocycles. The molecule has 0 spiro atoms. The first-order valence-corrected chi connectivity index (χ1v) is 16.1. The summed E-state index contributed by atoms with van der Waals surface area (Å²) in [5.41, 5.74) is 3.29. The van der Waals surface area contributed by atoms with E-state index in [1.165, 1.54) is 135 Å². The number of carboxylic acid groups (broad SMARTS) is 1. The molecule has 3 heteroatoms. The van der Waals surface area contributed by atoms with Crippen LogP contribution in [0, 0.1) is 0 Å². The van der Waals surface area contributed by atoms with Gasteiger partial charge < -0.3 is 5.11 Å². The van der Waals surface area contributed by atoms with Crippen LogP contribution in [0.25, 0.3) is 0 Å². The molecule has 0 aromatic heterocycles. The molecule has 0 fully saturated rings. The van der Waals surface area contributed by atoms with Crippen LogP contribution in [-0.4, -0.2) is 11.1 Å². The van der Waals surface area contributed by atoms with Gasteiger partial charge in [-0.1, -0.05) is 154 Å². The van der Waals surface area contributed by atoms with Crippen LogP contribution >= 0.6 is 9.24 Å². The zero-order valence-corrected chi connectivity index (χ0v) is 25.7. The van der Waals surface area contributed by atoms with Crippen molar-refractivity contribution in [1.82, 2.24) is 0 Å². The summed E-state index contributed by atoms with van der Waals surface area (Å²) in [6.45, 7) is 8.02. The SMILES string of the molecule is CC(=O)O.CCCCCCCCc1ccccc1C(P)(CCCCCCCC)CCCCCCCC. The molecular formula is C33H61O2P. The summed E-state index contributed by atoms with van der Waals surface area (Å²) in [7, 11) is 3.38. The fourth-order valence-corrected chi connectivity index (χ4v) is 5.85. The molecule has 2 nitrogen and oxygen atoms in total. The Morgan fingerprint density at radius 2 is 1.03 bits per heavy atom. The lowest BCUT2D eigenvalue weighted by atomic mass is 9.83. The minimum atomic E-state index is -0.833. The van der Waals surface area contributed by atoms with E-state index < -0.39 is 5.97 Å². The second-order valence-corrected chi connectivity index (χ2v) is 12.0. The van der Waals surface area contributed by atoms with E-state index in [0.29, 0.717) is 0 Å². The highest BCUT2D eigenvalue weighted by Gasteiger charge is 2.28. The molecule has 1 rings (SSSR count). The first-order valence-electron chi connectivity index (χ1n) is 15.5. The van der Waals surface area contributed by atoms with Crippen molar-refractivity contribution in [3.8, 4) is 0 Å². The Kier molecular flexibility index (Phi) is 23.9. The first-order chi connectivity index (χ1) is 17.4. The second kappa shape index (κ2) is 24.5. The van der Waals surface area contributed by atoms with Crippen LogP contribution in [0.1, 0.15) is 167 Å². The summed E-state index contributed by atoms with van der Waals surface area (Å²) in [5.74, 6) is -0.833. The molecule has 210 valence electrons. The number of aryl methyl sites for hydroxylation is 1. The monoisotopic (exact) mass is 520 g/mol. The Morgan fingerprint density at radius 3 is 1.47 bits per heavy atom. The summed E-state index contributed by atoms with van der Waals surface area (Å²) in [6.07, 6.45) is 29.1. The summed E-state index contributed by atoms with van der Waals surface area (Å²) < 4.78 is 0. The average molecular weight is 521 g/mol. The smallest absolute Gasteiger partial charge is 0.300 e.